The molecule has 29 heavy (non-hydrogen) atoms. The molecule has 3 rings (SSSR count). The highest BCUT2D eigenvalue weighted by molar-refractivity contribution is 7.89. The number of esters is 1. The Morgan fingerprint density at radius 3 is 2.48 bits per heavy atom. The van der Waals surface area contributed by atoms with Gasteiger partial charge in [0.05, 0.1) is 25.2 Å². The van der Waals surface area contributed by atoms with E-state index in [1.54, 1.807) is 31.4 Å². The van der Waals surface area contributed by atoms with Crippen molar-refractivity contribution in [3.63, 3.8) is 0 Å². The van der Waals surface area contributed by atoms with Crippen molar-refractivity contribution in [2.24, 2.45) is 0 Å². The van der Waals surface area contributed by atoms with E-state index >= 15 is 0 Å². The summed E-state index contributed by atoms with van der Waals surface area (Å²) in [6, 6.07) is 13.7. The Labute approximate surface area is 170 Å². The van der Waals surface area contributed by atoms with E-state index < -0.39 is 16.0 Å². The Balaban J connectivity index is 1.58. The van der Waals surface area contributed by atoms with Gasteiger partial charge in [0.25, 0.3) is 0 Å². The molecule has 0 radical (unpaired) electrons. The minimum atomic E-state index is -3.53. The largest absolute Gasteiger partial charge is 0.496 e. The first kappa shape index (κ1) is 21.0. The number of hydrogen-bond acceptors (Lipinski definition) is 6. The van der Waals surface area contributed by atoms with Gasteiger partial charge in [-0.3, -0.25) is 0 Å². The van der Waals surface area contributed by atoms with Crippen molar-refractivity contribution >= 4 is 22.1 Å². The van der Waals surface area contributed by atoms with Crippen molar-refractivity contribution in [2.45, 2.75) is 11.5 Å². The fourth-order valence-corrected chi connectivity index (χ4v) is 4.28. The molecule has 1 heterocycles. The number of hydrogen-bond donors (Lipinski definition) is 0. The lowest BCUT2D eigenvalue weighted by Crippen LogP contribution is -2.40. The second-order valence-electron chi connectivity index (χ2n) is 6.34. The van der Waals surface area contributed by atoms with Gasteiger partial charge in [-0.2, -0.15) is 4.31 Å². The molecule has 0 atom stereocenters. The molecular weight excluding hydrogens is 394 g/mol. The third-order valence-electron chi connectivity index (χ3n) is 4.46. The second-order valence-corrected chi connectivity index (χ2v) is 8.28. The van der Waals surface area contributed by atoms with Gasteiger partial charge in [0.1, 0.15) is 12.4 Å². The maximum Gasteiger partial charge on any atom is 0.331 e. The summed E-state index contributed by atoms with van der Waals surface area (Å²) >= 11 is 0. The lowest BCUT2D eigenvalue weighted by Gasteiger charge is -2.26. The molecule has 0 saturated carbocycles. The molecule has 0 N–H and O–H groups in total. The third-order valence-corrected chi connectivity index (χ3v) is 6.38. The molecule has 0 aromatic heterocycles. The summed E-state index contributed by atoms with van der Waals surface area (Å²) in [5, 5.41) is 0. The number of para-hydroxylation sites is 1. The van der Waals surface area contributed by atoms with Crippen molar-refractivity contribution in [3.05, 3.63) is 65.7 Å². The highest BCUT2D eigenvalue weighted by Crippen LogP contribution is 2.19. The van der Waals surface area contributed by atoms with E-state index in [-0.39, 0.29) is 11.5 Å². The Morgan fingerprint density at radius 1 is 1.10 bits per heavy atom. The number of methoxy groups -OCH3 is 1. The van der Waals surface area contributed by atoms with E-state index in [2.05, 4.69) is 0 Å². The number of nitrogens with zero attached hydrogens (tertiary/aromatic N) is 1. The SMILES string of the molecule is COc1ccccc1COC(=O)/C=C/c1ccc(S(=O)(=O)N2CCOCC2)cc1. The first-order valence-electron chi connectivity index (χ1n) is 9.15. The predicted molar refractivity (Wildman–Crippen MR) is 108 cm³/mol. The van der Waals surface area contributed by atoms with Gasteiger partial charge in [-0.25, -0.2) is 13.2 Å². The van der Waals surface area contributed by atoms with Crippen molar-refractivity contribution in [2.75, 3.05) is 33.4 Å². The van der Waals surface area contributed by atoms with E-state index in [0.717, 1.165) is 5.56 Å². The minimum absolute atomic E-state index is 0.101. The zero-order chi connectivity index (χ0) is 20.7. The van der Waals surface area contributed by atoms with Gasteiger partial charge in [-0.05, 0) is 29.8 Å². The van der Waals surface area contributed by atoms with Crippen LogP contribution in [0.4, 0.5) is 0 Å². The number of rotatable bonds is 7. The van der Waals surface area contributed by atoms with Crippen LogP contribution in [0.2, 0.25) is 0 Å². The summed E-state index contributed by atoms with van der Waals surface area (Å²) in [5.41, 5.74) is 1.47. The van der Waals surface area contributed by atoms with Gasteiger partial charge in [0.2, 0.25) is 10.0 Å². The Bertz CT molecular complexity index is 963. The average molecular weight is 417 g/mol. The van der Waals surface area contributed by atoms with Crippen LogP contribution >= 0.6 is 0 Å². The zero-order valence-corrected chi connectivity index (χ0v) is 16.9. The molecule has 2 aromatic carbocycles. The first-order chi connectivity index (χ1) is 14.0. The molecule has 0 bridgehead atoms. The number of ether oxygens (including phenoxy) is 3. The van der Waals surface area contributed by atoms with Crippen molar-refractivity contribution < 1.29 is 27.4 Å². The number of carbonyl (C=O) groups excluding carboxylic acids is 1. The monoisotopic (exact) mass is 417 g/mol. The molecule has 8 heteroatoms. The van der Waals surface area contributed by atoms with Crippen LogP contribution in [0.5, 0.6) is 5.75 Å². The van der Waals surface area contributed by atoms with Crippen molar-refractivity contribution in [1.82, 2.24) is 4.31 Å². The lowest BCUT2D eigenvalue weighted by atomic mass is 10.2. The van der Waals surface area contributed by atoms with Gasteiger partial charge in [0.15, 0.2) is 0 Å². The van der Waals surface area contributed by atoms with E-state index in [1.165, 1.54) is 22.5 Å². The minimum Gasteiger partial charge on any atom is -0.496 e. The van der Waals surface area contributed by atoms with Gasteiger partial charge in [-0.15, -0.1) is 0 Å². The van der Waals surface area contributed by atoms with Crippen molar-refractivity contribution in [3.8, 4) is 5.75 Å². The summed E-state index contributed by atoms with van der Waals surface area (Å²) in [4.78, 5) is 12.2. The summed E-state index contributed by atoms with van der Waals surface area (Å²) in [6.45, 7) is 1.60. The van der Waals surface area contributed by atoms with Crippen LogP contribution in [0.1, 0.15) is 11.1 Å². The molecule has 1 saturated heterocycles. The van der Waals surface area contributed by atoms with E-state index in [9.17, 15) is 13.2 Å². The second kappa shape index (κ2) is 9.69. The predicted octanol–water partition coefficient (Wildman–Crippen LogP) is 2.47. The van der Waals surface area contributed by atoms with Gasteiger partial charge >= 0.3 is 5.97 Å². The molecular formula is C21H23NO6S. The van der Waals surface area contributed by atoms with E-state index in [0.29, 0.717) is 37.6 Å². The van der Waals surface area contributed by atoms with Crippen LogP contribution < -0.4 is 4.74 Å². The molecule has 2 aromatic rings. The number of morpholine rings is 1. The van der Waals surface area contributed by atoms with Crippen LogP contribution in [0.15, 0.2) is 59.5 Å². The summed E-state index contributed by atoms with van der Waals surface area (Å²) in [7, 11) is -1.97. The Hall–Kier alpha value is -2.68. The zero-order valence-electron chi connectivity index (χ0n) is 16.1. The molecule has 154 valence electrons. The fourth-order valence-electron chi connectivity index (χ4n) is 2.87. The summed E-state index contributed by atoms with van der Waals surface area (Å²) < 4.78 is 42.3. The Kier molecular flexibility index (Phi) is 7.03. The quantitative estimate of drug-likeness (QED) is 0.509. The van der Waals surface area contributed by atoms with Crippen molar-refractivity contribution in [1.29, 1.82) is 0 Å². The molecule has 0 aliphatic carbocycles. The summed E-state index contributed by atoms with van der Waals surface area (Å²) in [6.07, 6.45) is 2.89. The lowest BCUT2D eigenvalue weighted by molar-refractivity contribution is -0.138. The molecule has 0 unspecified atom stereocenters. The van der Waals surface area contributed by atoms with Crippen LogP contribution in [-0.2, 0) is 30.9 Å². The van der Waals surface area contributed by atoms with E-state index in [4.69, 9.17) is 14.2 Å². The highest BCUT2D eigenvalue weighted by Gasteiger charge is 2.25. The standard InChI is InChI=1S/C21H23NO6S/c1-26-20-5-3-2-4-18(20)16-28-21(23)11-8-17-6-9-19(10-7-17)29(24,25)22-12-14-27-15-13-22/h2-11H,12-16H2,1H3/b11-8+. The van der Waals surface area contributed by atoms with Crippen LogP contribution in [0, 0.1) is 0 Å². The summed E-state index contributed by atoms with van der Waals surface area (Å²) in [5.74, 6) is 0.155. The Morgan fingerprint density at radius 2 is 1.79 bits per heavy atom. The molecule has 0 spiro atoms. The number of benzene rings is 2. The normalized spacial score (nSPS) is 15.3. The fraction of sp³-hybridized carbons (Fsp3) is 0.286. The molecule has 1 fully saturated rings. The van der Waals surface area contributed by atoms with E-state index in [1.807, 2.05) is 18.2 Å². The smallest absolute Gasteiger partial charge is 0.331 e. The number of carbonyl (C=O) groups is 1. The molecule has 7 nitrogen and oxygen atoms in total. The number of sulfonamides is 1. The van der Waals surface area contributed by atoms with Crippen LogP contribution in [0.25, 0.3) is 6.08 Å². The maximum absolute atomic E-state index is 12.6. The third kappa shape index (κ3) is 5.44. The molecule has 0 amide bonds. The van der Waals surface area contributed by atoms with Gasteiger partial charge < -0.3 is 14.2 Å². The molecule has 1 aliphatic rings. The maximum atomic E-state index is 12.6. The van der Waals surface area contributed by atoms with Crippen LogP contribution in [-0.4, -0.2) is 52.1 Å². The first-order valence-corrected chi connectivity index (χ1v) is 10.6. The topological polar surface area (TPSA) is 82.1 Å². The van der Waals surface area contributed by atoms with Gasteiger partial charge in [0, 0.05) is 24.7 Å². The van der Waals surface area contributed by atoms with Crippen LogP contribution in [0.3, 0.4) is 0 Å². The van der Waals surface area contributed by atoms with Gasteiger partial charge in [-0.1, -0.05) is 30.3 Å². The molecule has 1 aliphatic heterocycles. The average Bonchev–Trinajstić information content (AvgIpc) is 2.77. The highest BCUT2D eigenvalue weighted by atomic mass is 32.2.